The topological polar surface area (TPSA) is 120 Å². The summed E-state index contributed by atoms with van der Waals surface area (Å²) in [5.41, 5.74) is 0. The third kappa shape index (κ3) is 10.9. The number of methoxy groups -OCH3 is 3. The largest absolute Gasteiger partial charge is 0.497 e. The van der Waals surface area contributed by atoms with Crippen molar-refractivity contribution in [3.63, 3.8) is 0 Å². The number of rotatable bonds is 17. The molecular weight excluding hydrogens is 771 g/mol. The monoisotopic (exact) mass is 813 g/mol. The highest BCUT2D eigenvalue weighted by molar-refractivity contribution is 7.72. The zero-order valence-electron chi connectivity index (χ0n) is 31.4. The first-order valence-corrected chi connectivity index (χ1v) is 22.3. The van der Waals surface area contributed by atoms with E-state index in [-0.39, 0.29) is 0 Å². The molecule has 0 aliphatic rings. The molecular formula is C41H42N3O9P3. The van der Waals surface area contributed by atoms with Gasteiger partial charge in [0.05, 0.1) is 21.3 Å². The molecule has 0 N–H and O–H groups in total. The fraction of sp³-hybridized carbons (Fsp3) is 0.122. The quantitative estimate of drug-likeness (QED) is 0.0829. The molecule has 0 fully saturated rings. The van der Waals surface area contributed by atoms with Crippen molar-refractivity contribution in [3.8, 4) is 51.7 Å². The van der Waals surface area contributed by atoms with Crippen molar-refractivity contribution >= 4 is 22.8 Å². The maximum atomic E-state index is 6.92. The highest BCUT2D eigenvalue weighted by Crippen LogP contribution is 2.70. The number of benzene rings is 6. The third-order valence-electron chi connectivity index (χ3n) is 7.61. The first-order chi connectivity index (χ1) is 27.2. The lowest BCUT2D eigenvalue weighted by molar-refractivity contribution is 0.412. The zero-order chi connectivity index (χ0) is 39.3. The van der Waals surface area contributed by atoms with Crippen LogP contribution in [0.2, 0.25) is 0 Å². The van der Waals surface area contributed by atoms with Crippen LogP contribution < -0.4 is 41.4 Å². The van der Waals surface area contributed by atoms with E-state index >= 15 is 0 Å². The molecule has 0 aliphatic heterocycles. The number of nitrogens with zero attached hydrogens (tertiary/aromatic N) is 3. The smallest absolute Gasteiger partial charge is 0.459 e. The van der Waals surface area contributed by atoms with Gasteiger partial charge in [0.15, 0.2) is 0 Å². The number of hydrogen-bond donors (Lipinski definition) is 0. The molecule has 6 rings (SSSR count). The normalized spacial score (nSPS) is 12.2. The first-order valence-electron chi connectivity index (χ1n) is 17.2. The summed E-state index contributed by atoms with van der Waals surface area (Å²) >= 11 is 0. The van der Waals surface area contributed by atoms with Gasteiger partial charge in [-0.25, -0.2) is 4.74 Å². The van der Waals surface area contributed by atoms with Crippen molar-refractivity contribution in [1.82, 2.24) is 0 Å². The minimum absolute atomic E-state index is 0.358. The lowest BCUT2D eigenvalue weighted by atomic mass is 10.3. The van der Waals surface area contributed by atoms with Gasteiger partial charge in [-0.3, -0.25) is 0 Å². The average Bonchev–Trinajstić information content (AvgIpc) is 3.22. The molecule has 0 radical (unpaired) electrons. The van der Waals surface area contributed by atoms with Gasteiger partial charge < -0.3 is 41.4 Å². The third-order valence-corrected chi connectivity index (χ3v) is 15.0. The van der Waals surface area contributed by atoms with E-state index < -0.39 is 22.8 Å². The summed E-state index contributed by atoms with van der Waals surface area (Å²) in [6.45, 7) is 1.76. The fourth-order valence-corrected chi connectivity index (χ4v) is 12.6. The number of para-hydroxylation sites is 3. The van der Waals surface area contributed by atoms with Gasteiger partial charge in [0.25, 0.3) is 0 Å². The Labute approximate surface area is 327 Å². The second-order valence-corrected chi connectivity index (χ2v) is 18.2. The maximum Gasteiger partial charge on any atom is 0.459 e. The molecule has 12 nitrogen and oxygen atoms in total. The Bertz CT molecular complexity index is 2220. The van der Waals surface area contributed by atoms with Crippen LogP contribution in [0.1, 0.15) is 0 Å². The van der Waals surface area contributed by atoms with Crippen molar-refractivity contribution in [2.45, 2.75) is 0 Å². The van der Waals surface area contributed by atoms with Crippen molar-refractivity contribution in [2.75, 3.05) is 35.0 Å². The van der Waals surface area contributed by atoms with E-state index in [9.17, 15) is 0 Å². The van der Waals surface area contributed by atoms with E-state index in [1.165, 1.54) is 0 Å². The van der Waals surface area contributed by atoms with Crippen LogP contribution >= 0.6 is 22.8 Å². The van der Waals surface area contributed by atoms with E-state index in [1.54, 1.807) is 120 Å². The van der Waals surface area contributed by atoms with Crippen LogP contribution in [0.4, 0.5) is 0 Å². The molecule has 0 amide bonds. The molecule has 0 saturated carbocycles. The lowest BCUT2D eigenvalue weighted by Crippen LogP contribution is -2.07. The van der Waals surface area contributed by atoms with E-state index in [4.69, 9.17) is 55.1 Å². The molecule has 0 bridgehead atoms. The highest BCUT2D eigenvalue weighted by Gasteiger charge is 2.40. The van der Waals surface area contributed by atoms with Gasteiger partial charge in [-0.15, -0.1) is 4.52 Å². The van der Waals surface area contributed by atoms with Gasteiger partial charge in [-0.1, -0.05) is 59.1 Å². The summed E-state index contributed by atoms with van der Waals surface area (Å²) in [5.74, 6) is 4.44. The summed E-state index contributed by atoms with van der Waals surface area (Å²) in [6, 6.07) is 48.6. The van der Waals surface area contributed by atoms with Gasteiger partial charge >= 0.3 is 22.8 Å². The molecule has 0 aromatic heterocycles. The molecule has 56 heavy (non-hydrogen) atoms. The molecule has 290 valence electrons. The Kier molecular flexibility index (Phi) is 13.3. The van der Waals surface area contributed by atoms with E-state index in [0.29, 0.717) is 51.7 Å². The van der Waals surface area contributed by atoms with E-state index in [0.717, 1.165) is 0 Å². The molecule has 15 heteroatoms. The van der Waals surface area contributed by atoms with Crippen LogP contribution in [0.5, 0.6) is 51.7 Å². The van der Waals surface area contributed by atoms with Crippen LogP contribution in [0.3, 0.4) is 0 Å². The zero-order valence-corrected chi connectivity index (χ0v) is 34.1. The molecule has 1 atom stereocenters. The standard InChI is InChI=1S/C41H42N3O9P3/c1-42-55(50-39-27-21-33(45-2)22-28-39,51-40-29-23-34(46-3)24-30-40)44-56(52-38-19-13-8-14-20-38,53-41-31-25-35(47-4)26-32-41)43-54(5,48-36-15-9-6-10-16-36)49-37-17-11-7-12-18-37/h6-32H,1-5H3. The van der Waals surface area contributed by atoms with Gasteiger partial charge in [0.1, 0.15) is 51.7 Å². The molecule has 0 saturated heterocycles. The summed E-state index contributed by atoms with van der Waals surface area (Å²) in [6.07, 6.45) is 0. The van der Waals surface area contributed by atoms with Crippen LogP contribution in [-0.2, 0) is 0 Å². The summed E-state index contributed by atoms with van der Waals surface area (Å²) in [7, 11) is -5.16. The highest BCUT2D eigenvalue weighted by atomic mass is 31.3. The minimum Gasteiger partial charge on any atom is -0.497 e. The molecule has 0 aliphatic carbocycles. The second-order valence-electron chi connectivity index (χ2n) is 11.7. The summed E-state index contributed by atoms with van der Waals surface area (Å²) in [5, 5.41) is 0. The van der Waals surface area contributed by atoms with Gasteiger partial charge in [-0.05, 0) is 109 Å². The summed E-state index contributed by atoms with van der Waals surface area (Å²) in [4.78, 5) is 0. The molecule has 6 aromatic rings. The molecule has 6 aromatic carbocycles. The Balaban J connectivity index is 1.67. The summed E-state index contributed by atoms with van der Waals surface area (Å²) < 4.78 is 72.3. The molecule has 0 heterocycles. The fourth-order valence-electron chi connectivity index (χ4n) is 4.98. The second kappa shape index (κ2) is 18.7. The SMILES string of the molecule is CN=P(N=P(N=P(C)(Oc1ccccc1)Oc1ccccc1)(Oc1ccccc1)Oc1ccc(OC)cc1)(Oc1ccc(OC)cc1)Oc1ccc(OC)cc1. The van der Waals surface area contributed by atoms with Gasteiger partial charge in [-0.2, -0.15) is 0 Å². The van der Waals surface area contributed by atoms with Crippen LogP contribution in [-0.4, -0.2) is 35.0 Å². The van der Waals surface area contributed by atoms with Crippen LogP contribution in [0, 0.1) is 0 Å². The van der Waals surface area contributed by atoms with Crippen molar-refractivity contribution in [3.05, 3.63) is 164 Å². The number of ether oxygens (including phenoxy) is 3. The van der Waals surface area contributed by atoms with Gasteiger partial charge in [0, 0.05) is 13.7 Å². The Morgan fingerprint density at radius 3 is 0.893 bits per heavy atom. The van der Waals surface area contributed by atoms with Gasteiger partial charge in [0.2, 0.25) is 0 Å². The first kappa shape index (κ1) is 39.9. The van der Waals surface area contributed by atoms with E-state index in [2.05, 4.69) is 0 Å². The van der Waals surface area contributed by atoms with Crippen molar-refractivity contribution in [2.24, 2.45) is 13.8 Å². The van der Waals surface area contributed by atoms with Crippen molar-refractivity contribution in [1.29, 1.82) is 0 Å². The predicted octanol–water partition coefficient (Wildman–Crippen LogP) is 12.7. The Hall–Kier alpha value is -5.79. The predicted molar refractivity (Wildman–Crippen MR) is 222 cm³/mol. The van der Waals surface area contributed by atoms with Crippen LogP contribution in [0.25, 0.3) is 0 Å². The van der Waals surface area contributed by atoms with Crippen molar-refractivity contribution < 1.29 is 41.4 Å². The lowest BCUT2D eigenvalue weighted by Gasteiger charge is -2.29. The minimum atomic E-state index is -4.14. The van der Waals surface area contributed by atoms with E-state index in [1.807, 2.05) is 78.9 Å². The molecule has 0 spiro atoms. The van der Waals surface area contributed by atoms with Crippen LogP contribution in [0.15, 0.2) is 178 Å². The number of hydrogen-bond acceptors (Lipinski definition) is 10. The Morgan fingerprint density at radius 1 is 0.321 bits per heavy atom. The maximum absolute atomic E-state index is 6.92. The average molecular weight is 814 g/mol. The molecule has 1 unspecified atom stereocenters. The Morgan fingerprint density at radius 2 is 0.589 bits per heavy atom.